The van der Waals surface area contributed by atoms with Gasteiger partial charge in [0.2, 0.25) is 5.91 Å². The molecule has 1 aliphatic rings. The number of benzene rings is 2. The van der Waals surface area contributed by atoms with Gasteiger partial charge in [0, 0.05) is 10.6 Å². The molecule has 1 aromatic heterocycles. The average Bonchev–Trinajstić information content (AvgIpc) is 3.16. The van der Waals surface area contributed by atoms with Gasteiger partial charge in [0.05, 0.1) is 35.9 Å². The van der Waals surface area contributed by atoms with Crippen molar-refractivity contribution in [1.29, 1.82) is 0 Å². The van der Waals surface area contributed by atoms with Crippen LogP contribution in [0.1, 0.15) is 23.7 Å². The Morgan fingerprint density at radius 2 is 1.97 bits per heavy atom. The molecule has 1 N–H and O–H groups in total. The maximum absolute atomic E-state index is 12.7. The number of ether oxygens (including phenoxy) is 1. The summed E-state index contributed by atoms with van der Waals surface area (Å²) in [6.45, 7) is 2.48. The third-order valence-electron chi connectivity index (χ3n) is 4.70. The lowest BCUT2D eigenvalue weighted by Crippen LogP contribution is -2.18. The Labute approximate surface area is 179 Å². The lowest BCUT2D eigenvalue weighted by molar-refractivity contribution is -0.115. The fourth-order valence-corrected chi connectivity index (χ4v) is 5.08. The van der Waals surface area contributed by atoms with E-state index in [1.807, 2.05) is 31.2 Å². The first-order valence-electron chi connectivity index (χ1n) is 9.43. The van der Waals surface area contributed by atoms with Crippen molar-refractivity contribution < 1.29 is 17.9 Å². The summed E-state index contributed by atoms with van der Waals surface area (Å²) in [5, 5.41) is 7.81. The summed E-state index contributed by atoms with van der Waals surface area (Å²) >= 11 is 6.10. The minimum Gasteiger partial charge on any atom is -0.494 e. The molecule has 0 spiro atoms. The molecule has 0 radical (unpaired) electrons. The van der Waals surface area contributed by atoms with E-state index in [9.17, 15) is 13.2 Å². The highest BCUT2D eigenvalue weighted by molar-refractivity contribution is 7.90. The van der Waals surface area contributed by atoms with E-state index in [0.717, 1.165) is 11.3 Å². The molecule has 0 fully saturated rings. The predicted molar refractivity (Wildman–Crippen MR) is 115 cm³/mol. The van der Waals surface area contributed by atoms with Gasteiger partial charge < -0.3 is 10.1 Å². The molecule has 3 aromatic rings. The quantitative estimate of drug-likeness (QED) is 0.626. The monoisotopic (exact) mass is 445 g/mol. The molecular weight excluding hydrogens is 426 g/mol. The number of amides is 1. The molecule has 0 atom stereocenters. The van der Waals surface area contributed by atoms with E-state index in [0.29, 0.717) is 34.4 Å². The average molecular weight is 446 g/mol. The Hall–Kier alpha value is -2.84. The van der Waals surface area contributed by atoms with E-state index in [-0.39, 0.29) is 23.8 Å². The van der Waals surface area contributed by atoms with Gasteiger partial charge >= 0.3 is 0 Å². The summed E-state index contributed by atoms with van der Waals surface area (Å²) in [7, 11) is -3.26. The zero-order chi connectivity index (χ0) is 21.3. The highest BCUT2D eigenvalue weighted by atomic mass is 35.5. The molecule has 2 heterocycles. The highest BCUT2D eigenvalue weighted by Gasteiger charge is 2.33. The van der Waals surface area contributed by atoms with Gasteiger partial charge in [-0.1, -0.05) is 29.8 Å². The first-order chi connectivity index (χ1) is 14.3. The highest BCUT2D eigenvalue weighted by Crippen LogP contribution is 2.33. The van der Waals surface area contributed by atoms with Crippen molar-refractivity contribution in [3.05, 3.63) is 70.4 Å². The van der Waals surface area contributed by atoms with E-state index in [2.05, 4.69) is 10.4 Å². The van der Waals surface area contributed by atoms with Crippen molar-refractivity contribution in [2.45, 2.75) is 24.9 Å². The van der Waals surface area contributed by atoms with Crippen molar-refractivity contribution >= 4 is 33.2 Å². The van der Waals surface area contributed by atoms with Crippen LogP contribution in [0.2, 0.25) is 5.02 Å². The van der Waals surface area contributed by atoms with E-state index in [4.69, 9.17) is 16.3 Å². The van der Waals surface area contributed by atoms with E-state index in [1.54, 1.807) is 28.9 Å². The van der Waals surface area contributed by atoms with Gasteiger partial charge in [0.15, 0.2) is 9.84 Å². The number of rotatable bonds is 6. The van der Waals surface area contributed by atoms with Crippen LogP contribution in [0, 0.1) is 0 Å². The minimum atomic E-state index is -3.26. The van der Waals surface area contributed by atoms with Crippen LogP contribution in [-0.2, 0) is 32.6 Å². The molecule has 156 valence electrons. The number of hydrogen-bond donors (Lipinski definition) is 1. The molecule has 2 aromatic carbocycles. The first-order valence-corrected chi connectivity index (χ1v) is 11.6. The smallest absolute Gasteiger partial charge is 0.229 e. The zero-order valence-corrected chi connectivity index (χ0v) is 17.8. The van der Waals surface area contributed by atoms with Gasteiger partial charge in [0.1, 0.15) is 11.6 Å². The SMILES string of the molecule is CCOc1ccc(CC(=O)Nc2c3c(nn2-c2cccc(Cl)c2)CS(=O)(=O)C3)cc1. The number of sulfone groups is 1. The summed E-state index contributed by atoms with van der Waals surface area (Å²) in [6.07, 6.45) is 0.134. The number of halogens is 1. The molecule has 1 aliphatic heterocycles. The molecule has 9 heteroatoms. The Morgan fingerprint density at radius 1 is 1.20 bits per heavy atom. The minimum absolute atomic E-state index is 0.134. The Morgan fingerprint density at radius 3 is 2.67 bits per heavy atom. The largest absolute Gasteiger partial charge is 0.494 e. The fourth-order valence-electron chi connectivity index (χ4n) is 3.40. The molecule has 4 rings (SSSR count). The molecule has 1 amide bonds. The van der Waals surface area contributed by atoms with E-state index < -0.39 is 9.84 Å². The van der Waals surface area contributed by atoms with Crippen LogP contribution in [0.5, 0.6) is 5.75 Å². The van der Waals surface area contributed by atoms with Gasteiger partial charge in [-0.2, -0.15) is 5.10 Å². The number of nitrogens with zero attached hydrogens (tertiary/aromatic N) is 2. The van der Waals surface area contributed by atoms with Crippen molar-refractivity contribution in [2.75, 3.05) is 11.9 Å². The van der Waals surface area contributed by atoms with Gasteiger partial charge in [-0.3, -0.25) is 4.79 Å². The van der Waals surface area contributed by atoms with E-state index in [1.165, 1.54) is 0 Å². The van der Waals surface area contributed by atoms with Crippen LogP contribution in [0.25, 0.3) is 5.69 Å². The number of fused-ring (bicyclic) bond motifs is 1. The van der Waals surface area contributed by atoms with Crippen LogP contribution >= 0.6 is 11.6 Å². The third kappa shape index (κ3) is 4.34. The van der Waals surface area contributed by atoms with Crippen LogP contribution < -0.4 is 10.1 Å². The first kappa shape index (κ1) is 20.4. The van der Waals surface area contributed by atoms with Crippen molar-refractivity contribution in [3.8, 4) is 11.4 Å². The molecule has 30 heavy (non-hydrogen) atoms. The van der Waals surface area contributed by atoms with Crippen LogP contribution in [0.4, 0.5) is 5.82 Å². The van der Waals surface area contributed by atoms with Crippen molar-refractivity contribution in [2.24, 2.45) is 0 Å². The van der Waals surface area contributed by atoms with Gasteiger partial charge in [-0.15, -0.1) is 0 Å². The maximum atomic E-state index is 12.7. The molecular formula is C21H20ClN3O4S. The second kappa shape index (κ2) is 8.12. The summed E-state index contributed by atoms with van der Waals surface area (Å²) < 4.78 is 31.1. The third-order valence-corrected chi connectivity index (χ3v) is 6.37. The van der Waals surface area contributed by atoms with Crippen LogP contribution in [0.15, 0.2) is 48.5 Å². The molecule has 0 saturated carbocycles. The number of carbonyl (C=O) groups is 1. The number of nitrogens with one attached hydrogen (secondary N) is 1. The number of anilines is 1. The number of hydrogen-bond acceptors (Lipinski definition) is 5. The summed E-state index contributed by atoms with van der Waals surface area (Å²) in [5.41, 5.74) is 2.43. The Balaban J connectivity index is 1.61. The van der Waals surface area contributed by atoms with E-state index >= 15 is 0 Å². The molecule has 0 aliphatic carbocycles. The number of carbonyl (C=O) groups excluding carboxylic acids is 1. The molecule has 7 nitrogen and oxygen atoms in total. The summed E-state index contributed by atoms with van der Waals surface area (Å²) in [4.78, 5) is 12.7. The van der Waals surface area contributed by atoms with Crippen LogP contribution in [-0.4, -0.2) is 30.7 Å². The Kier molecular flexibility index (Phi) is 5.53. The zero-order valence-electron chi connectivity index (χ0n) is 16.3. The fraction of sp³-hybridized carbons (Fsp3) is 0.238. The summed E-state index contributed by atoms with van der Waals surface area (Å²) in [5.74, 6) is 0.543. The Bertz CT molecular complexity index is 1200. The molecule has 0 unspecified atom stereocenters. The molecule has 0 saturated heterocycles. The van der Waals surface area contributed by atoms with Crippen molar-refractivity contribution in [3.63, 3.8) is 0 Å². The molecule has 0 bridgehead atoms. The van der Waals surface area contributed by atoms with Gasteiger partial charge in [-0.25, -0.2) is 13.1 Å². The second-order valence-corrected chi connectivity index (χ2v) is 9.50. The lowest BCUT2D eigenvalue weighted by Gasteiger charge is -2.12. The van der Waals surface area contributed by atoms with Gasteiger partial charge in [-0.05, 0) is 42.8 Å². The normalized spacial score (nSPS) is 14.3. The maximum Gasteiger partial charge on any atom is 0.229 e. The topological polar surface area (TPSA) is 90.3 Å². The second-order valence-electron chi connectivity index (χ2n) is 7.00. The number of aromatic nitrogens is 2. The van der Waals surface area contributed by atoms with Gasteiger partial charge in [0.25, 0.3) is 0 Å². The lowest BCUT2D eigenvalue weighted by atomic mass is 10.1. The van der Waals surface area contributed by atoms with Crippen LogP contribution in [0.3, 0.4) is 0 Å². The predicted octanol–water partition coefficient (Wildman–Crippen LogP) is 3.53. The summed E-state index contributed by atoms with van der Waals surface area (Å²) in [6, 6.07) is 14.3. The van der Waals surface area contributed by atoms with Crippen molar-refractivity contribution in [1.82, 2.24) is 9.78 Å². The standard InChI is InChI=1S/C21H20ClN3O4S/c1-2-29-17-8-6-14(7-9-17)10-20(26)23-21-18-12-30(27,28)13-19(18)24-25(21)16-5-3-4-15(22)11-16/h3-9,11H,2,10,12-13H2,1H3,(H,23,26).